The van der Waals surface area contributed by atoms with Crippen LogP contribution >= 0.6 is 0 Å². The predicted octanol–water partition coefficient (Wildman–Crippen LogP) is 2.31. The summed E-state index contributed by atoms with van der Waals surface area (Å²) in [5.41, 5.74) is 1.56. The summed E-state index contributed by atoms with van der Waals surface area (Å²) in [6.45, 7) is 2.25. The van der Waals surface area contributed by atoms with Gasteiger partial charge in [0, 0.05) is 5.69 Å². The number of quaternary nitrogens is 1. The van der Waals surface area contributed by atoms with Crippen molar-refractivity contribution < 1.29 is 18.9 Å². The zero-order valence-corrected chi connectivity index (χ0v) is 16.5. The molecule has 0 aliphatic heterocycles. The quantitative estimate of drug-likeness (QED) is 0.576. The fraction of sp³-hybridized carbons (Fsp3) is 0.217. The first-order chi connectivity index (χ1) is 13.9. The van der Waals surface area contributed by atoms with E-state index in [1.165, 1.54) is 24.3 Å². The van der Waals surface area contributed by atoms with Gasteiger partial charge in [-0.1, -0.05) is 36.4 Å². The van der Waals surface area contributed by atoms with Crippen LogP contribution in [0.2, 0.25) is 0 Å². The first-order valence-electron chi connectivity index (χ1n) is 9.55. The van der Waals surface area contributed by atoms with Crippen LogP contribution in [-0.2, 0) is 9.59 Å². The lowest BCUT2D eigenvalue weighted by molar-refractivity contribution is -0.862. The lowest BCUT2D eigenvalue weighted by atomic mass is 10.0. The highest BCUT2D eigenvalue weighted by Gasteiger charge is 2.17. The minimum Gasteiger partial charge on any atom is -0.345 e. The first kappa shape index (κ1) is 20.5. The summed E-state index contributed by atoms with van der Waals surface area (Å²) in [6.07, 6.45) is 0. The molecule has 29 heavy (non-hydrogen) atoms. The number of carbonyl (C=O) groups excluding carboxylic acids is 2. The molecule has 3 aromatic rings. The van der Waals surface area contributed by atoms with E-state index in [0.717, 1.165) is 21.2 Å². The predicted molar refractivity (Wildman–Crippen MR) is 112 cm³/mol. The van der Waals surface area contributed by atoms with Crippen molar-refractivity contribution in [3.05, 3.63) is 78.1 Å². The number of hydrogen-bond acceptors (Lipinski definition) is 2. The van der Waals surface area contributed by atoms with Gasteiger partial charge in [-0.15, -0.1) is 0 Å². The minimum absolute atomic E-state index is 0.127. The second-order valence-electron chi connectivity index (χ2n) is 7.26. The molecule has 0 aliphatic carbocycles. The van der Waals surface area contributed by atoms with E-state index in [1.807, 2.05) is 37.3 Å². The number of fused-ring (bicyclic) bond motifs is 1. The van der Waals surface area contributed by atoms with Crippen LogP contribution in [0.1, 0.15) is 18.5 Å². The molecule has 3 rings (SSSR count). The van der Waals surface area contributed by atoms with Gasteiger partial charge >= 0.3 is 0 Å². The van der Waals surface area contributed by atoms with Crippen molar-refractivity contribution in [2.45, 2.75) is 13.0 Å². The average Bonchev–Trinajstić information content (AvgIpc) is 2.69. The molecule has 0 spiro atoms. The molecule has 6 heteroatoms. The number of halogens is 1. The molecular weight excluding hydrogens is 369 g/mol. The van der Waals surface area contributed by atoms with E-state index in [0.29, 0.717) is 5.69 Å². The zero-order valence-electron chi connectivity index (χ0n) is 16.5. The smallest absolute Gasteiger partial charge is 0.279 e. The van der Waals surface area contributed by atoms with Crippen molar-refractivity contribution in [3.8, 4) is 0 Å². The van der Waals surface area contributed by atoms with E-state index in [1.54, 1.807) is 7.05 Å². The van der Waals surface area contributed by atoms with Crippen molar-refractivity contribution in [1.29, 1.82) is 0 Å². The second kappa shape index (κ2) is 9.30. The molecule has 150 valence electrons. The molecule has 0 radical (unpaired) electrons. The maximum absolute atomic E-state index is 12.9. The van der Waals surface area contributed by atoms with Crippen LogP contribution in [0.4, 0.5) is 10.1 Å². The van der Waals surface area contributed by atoms with Crippen molar-refractivity contribution >= 4 is 28.3 Å². The number of rotatable bonds is 7. The fourth-order valence-corrected chi connectivity index (χ4v) is 3.20. The fourth-order valence-electron chi connectivity index (χ4n) is 3.20. The first-order valence-corrected chi connectivity index (χ1v) is 9.55. The van der Waals surface area contributed by atoms with Crippen LogP contribution in [-0.4, -0.2) is 32.0 Å². The van der Waals surface area contributed by atoms with Crippen LogP contribution in [0.25, 0.3) is 10.8 Å². The van der Waals surface area contributed by atoms with Gasteiger partial charge in [0.1, 0.15) is 5.82 Å². The van der Waals surface area contributed by atoms with Gasteiger partial charge in [-0.25, -0.2) is 4.39 Å². The van der Waals surface area contributed by atoms with Crippen LogP contribution in [0.15, 0.2) is 66.7 Å². The normalized spacial score (nSPS) is 12.9. The van der Waals surface area contributed by atoms with E-state index in [4.69, 9.17) is 0 Å². The third-order valence-electron chi connectivity index (χ3n) is 4.70. The standard InChI is InChI=1S/C23H24FN3O2/c1-16(18-8-7-17-5-3-4-6-19(17)13-18)25-22(28)14-27(2)15-23(29)26-21-11-9-20(24)10-12-21/h3-13,16H,14-15H2,1-2H3,(H,25,28)(H,26,29)/p+1/t16-/m0/s1. The van der Waals surface area contributed by atoms with Gasteiger partial charge in [-0.2, -0.15) is 0 Å². The Morgan fingerprint density at radius 3 is 2.31 bits per heavy atom. The zero-order chi connectivity index (χ0) is 20.8. The Labute approximate surface area is 169 Å². The number of amides is 2. The van der Waals surface area contributed by atoms with Gasteiger partial charge in [0.25, 0.3) is 11.8 Å². The van der Waals surface area contributed by atoms with Crippen LogP contribution in [0.3, 0.4) is 0 Å². The van der Waals surface area contributed by atoms with E-state index in [9.17, 15) is 14.0 Å². The molecular formula is C23H25FN3O2+. The van der Waals surface area contributed by atoms with E-state index in [2.05, 4.69) is 22.8 Å². The molecule has 0 saturated heterocycles. The third kappa shape index (κ3) is 5.86. The van der Waals surface area contributed by atoms with Gasteiger partial charge in [0.05, 0.1) is 13.1 Å². The Hall–Kier alpha value is -3.25. The van der Waals surface area contributed by atoms with Crippen molar-refractivity contribution in [2.75, 3.05) is 25.5 Å². The van der Waals surface area contributed by atoms with Crippen LogP contribution in [0, 0.1) is 5.82 Å². The van der Waals surface area contributed by atoms with Gasteiger partial charge in [-0.3, -0.25) is 9.59 Å². The number of nitrogens with one attached hydrogen (secondary N) is 3. The Kier molecular flexibility index (Phi) is 6.57. The molecule has 1 unspecified atom stereocenters. The maximum Gasteiger partial charge on any atom is 0.279 e. The molecule has 0 fully saturated rings. The summed E-state index contributed by atoms with van der Waals surface area (Å²) < 4.78 is 12.9. The average molecular weight is 394 g/mol. The van der Waals surface area contributed by atoms with Crippen molar-refractivity contribution in [2.24, 2.45) is 0 Å². The molecule has 0 aliphatic rings. The monoisotopic (exact) mass is 394 g/mol. The number of benzene rings is 3. The summed E-state index contributed by atoms with van der Waals surface area (Å²) in [6, 6.07) is 19.7. The van der Waals surface area contributed by atoms with E-state index < -0.39 is 0 Å². The highest BCUT2D eigenvalue weighted by Crippen LogP contribution is 2.20. The summed E-state index contributed by atoms with van der Waals surface area (Å²) >= 11 is 0. The molecule has 5 nitrogen and oxygen atoms in total. The van der Waals surface area contributed by atoms with E-state index >= 15 is 0 Å². The lowest BCUT2D eigenvalue weighted by Crippen LogP contribution is -3.11. The Balaban J connectivity index is 1.49. The summed E-state index contributed by atoms with van der Waals surface area (Å²) in [5.74, 6) is -0.717. The van der Waals surface area contributed by atoms with E-state index in [-0.39, 0.29) is 36.8 Å². The van der Waals surface area contributed by atoms with Crippen LogP contribution in [0.5, 0.6) is 0 Å². The van der Waals surface area contributed by atoms with Gasteiger partial charge in [0.15, 0.2) is 13.1 Å². The minimum atomic E-state index is -0.358. The molecule has 2 amide bonds. The molecule has 3 aromatic carbocycles. The highest BCUT2D eigenvalue weighted by atomic mass is 19.1. The number of carbonyl (C=O) groups is 2. The molecule has 0 heterocycles. The Morgan fingerprint density at radius 2 is 1.59 bits per heavy atom. The lowest BCUT2D eigenvalue weighted by Gasteiger charge is -2.17. The third-order valence-corrected chi connectivity index (χ3v) is 4.70. The maximum atomic E-state index is 12.9. The van der Waals surface area contributed by atoms with Crippen molar-refractivity contribution in [3.63, 3.8) is 0 Å². The molecule has 0 bridgehead atoms. The highest BCUT2D eigenvalue weighted by molar-refractivity contribution is 5.91. The Bertz CT molecular complexity index is 1000. The summed E-state index contributed by atoms with van der Waals surface area (Å²) in [7, 11) is 1.78. The number of hydrogen-bond donors (Lipinski definition) is 3. The topological polar surface area (TPSA) is 62.6 Å². The number of anilines is 1. The number of likely N-dealkylation sites (N-methyl/N-ethyl adjacent to an activating group) is 1. The second-order valence-corrected chi connectivity index (χ2v) is 7.26. The Morgan fingerprint density at radius 1 is 0.931 bits per heavy atom. The molecule has 3 N–H and O–H groups in total. The SMILES string of the molecule is C[C@H](NC(=O)C[NH+](C)CC(=O)Nc1ccc(F)cc1)c1ccc2ccccc2c1. The largest absolute Gasteiger partial charge is 0.345 e. The van der Waals surface area contributed by atoms with Crippen LogP contribution < -0.4 is 15.5 Å². The summed E-state index contributed by atoms with van der Waals surface area (Å²) in [4.78, 5) is 25.2. The molecule has 0 saturated carbocycles. The molecule has 2 atom stereocenters. The molecule has 0 aromatic heterocycles. The van der Waals surface area contributed by atoms with Gasteiger partial charge in [0.2, 0.25) is 0 Å². The van der Waals surface area contributed by atoms with Gasteiger partial charge < -0.3 is 15.5 Å². The summed E-state index contributed by atoms with van der Waals surface area (Å²) in [5, 5.41) is 7.98. The van der Waals surface area contributed by atoms with Gasteiger partial charge in [-0.05, 0) is 53.6 Å². The van der Waals surface area contributed by atoms with Crippen molar-refractivity contribution in [1.82, 2.24) is 5.32 Å².